The molecule has 1 aromatic carbocycles. The van der Waals surface area contributed by atoms with Crippen LogP contribution in [0.3, 0.4) is 0 Å². The van der Waals surface area contributed by atoms with Crippen molar-refractivity contribution in [1.82, 2.24) is 9.88 Å². The van der Waals surface area contributed by atoms with E-state index in [0.29, 0.717) is 29.9 Å². The Morgan fingerprint density at radius 1 is 1.32 bits per heavy atom. The number of nitrogens with two attached hydrogens (primary N) is 2. The summed E-state index contributed by atoms with van der Waals surface area (Å²) in [7, 11) is 0. The van der Waals surface area contributed by atoms with Crippen molar-refractivity contribution < 1.29 is 4.79 Å². The lowest BCUT2D eigenvalue weighted by Crippen LogP contribution is -2.42. The van der Waals surface area contributed by atoms with Gasteiger partial charge in [0.2, 0.25) is 0 Å². The quantitative estimate of drug-likeness (QED) is 0.732. The van der Waals surface area contributed by atoms with Gasteiger partial charge in [-0.15, -0.1) is 0 Å². The number of carbonyl (C=O) groups excluding carboxylic acids is 1. The molecule has 0 saturated carbocycles. The fourth-order valence-corrected chi connectivity index (χ4v) is 2.61. The number of primary amides is 1. The summed E-state index contributed by atoms with van der Waals surface area (Å²) in [4.78, 5) is 17.1. The van der Waals surface area contributed by atoms with Crippen molar-refractivity contribution in [1.29, 1.82) is 5.41 Å². The topological polar surface area (TPSA) is 109 Å². The first-order valence-corrected chi connectivity index (χ1v) is 7.02. The SMILES string of the molecule is N=C(C1=C(N)CCN(C(N)=O)C1)c1ccc2ncccc2c1. The maximum Gasteiger partial charge on any atom is 0.315 e. The van der Waals surface area contributed by atoms with E-state index in [4.69, 9.17) is 16.9 Å². The molecular weight excluding hydrogens is 278 g/mol. The minimum absolute atomic E-state index is 0.283. The summed E-state index contributed by atoms with van der Waals surface area (Å²) < 4.78 is 0. The van der Waals surface area contributed by atoms with Gasteiger partial charge in [0.05, 0.1) is 17.8 Å². The van der Waals surface area contributed by atoms with Crippen molar-refractivity contribution >= 4 is 22.6 Å². The van der Waals surface area contributed by atoms with Gasteiger partial charge in [0, 0.05) is 41.4 Å². The van der Waals surface area contributed by atoms with E-state index in [9.17, 15) is 4.79 Å². The fourth-order valence-electron chi connectivity index (χ4n) is 2.61. The van der Waals surface area contributed by atoms with Gasteiger partial charge in [-0.2, -0.15) is 0 Å². The summed E-state index contributed by atoms with van der Waals surface area (Å²) in [5.41, 5.74) is 14.6. The van der Waals surface area contributed by atoms with Crippen LogP contribution in [0.25, 0.3) is 10.9 Å². The van der Waals surface area contributed by atoms with Gasteiger partial charge in [0.15, 0.2) is 0 Å². The van der Waals surface area contributed by atoms with Crippen LogP contribution in [0.5, 0.6) is 0 Å². The smallest absolute Gasteiger partial charge is 0.315 e. The number of rotatable bonds is 2. The molecule has 0 spiro atoms. The van der Waals surface area contributed by atoms with Crippen molar-refractivity contribution in [2.24, 2.45) is 11.5 Å². The van der Waals surface area contributed by atoms with Crippen molar-refractivity contribution in [3.8, 4) is 0 Å². The zero-order valence-corrected chi connectivity index (χ0v) is 12.0. The number of hydrogen-bond acceptors (Lipinski definition) is 4. The molecule has 5 N–H and O–H groups in total. The molecule has 0 atom stereocenters. The molecule has 112 valence electrons. The standard InChI is InChI=1S/C16H17N5O/c17-13-5-7-21(16(19)22)9-12(13)15(18)11-3-4-14-10(8-11)2-1-6-20-14/h1-4,6,8,18H,5,7,9,17H2,(H2,19,22). The second-order valence-electron chi connectivity index (χ2n) is 5.30. The van der Waals surface area contributed by atoms with Crippen LogP contribution in [0.1, 0.15) is 12.0 Å². The van der Waals surface area contributed by atoms with Gasteiger partial charge in [-0.25, -0.2) is 4.79 Å². The first-order chi connectivity index (χ1) is 10.6. The van der Waals surface area contributed by atoms with Crippen molar-refractivity contribution in [2.45, 2.75) is 6.42 Å². The Labute approximate surface area is 127 Å². The number of aromatic nitrogens is 1. The van der Waals surface area contributed by atoms with Crippen LogP contribution in [0.2, 0.25) is 0 Å². The zero-order valence-electron chi connectivity index (χ0n) is 12.0. The van der Waals surface area contributed by atoms with Gasteiger partial charge in [0.1, 0.15) is 0 Å². The molecule has 2 aromatic rings. The third-order valence-electron chi connectivity index (χ3n) is 3.89. The minimum atomic E-state index is -0.486. The molecule has 1 aliphatic heterocycles. The van der Waals surface area contributed by atoms with Gasteiger partial charge in [-0.1, -0.05) is 12.1 Å². The number of amides is 2. The molecule has 22 heavy (non-hydrogen) atoms. The lowest BCUT2D eigenvalue weighted by Gasteiger charge is -2.28. The normalized spacial score (nSPS) is 15.2. The van der Waals surface area contributed by atoms with Crippen molar-refractivity contribution in [3.63, 3.8) is 0 Å². The monoisotopic (exact) mass is 295 g/mol. The van der Waals surface area contributed by atoms with Crippen molar-refractivity contribution in [3.05, 3.63) is 53.4 Å². The summed E-state index contributed by atoms with van der Waals surface area (Å²) in [6.45, 7) is 0.782. The second-order valence-corrected chi connectivity index (χ2v) is 5.30. The van der Waals surface area contributed by atoms with Crippen LogP contribution in [0, 0.1) is 5.41 Å². The number of hydrogen-bond donors (Lipinski definition) is 3. The number of urea groups is 1. The molecule has 0 bridgehead atoms. The van der Waals surface area contributed by atoms with Crippen LogP contribution < -0.4 is 11.5 Å². The molecule has 0 aliphatic carbocycles. The zero-order chi connectivity index (χ0) is 15.7. The van der Waals surface area contributed by atoms with E-state index >= 15 is 0 Å². The maximum atomic E-state index is 11.3. The highest BCUT2D eigenvalue weighted by atomic mass is 16.2. The van der Waals surface area contributed by atoms with E-state index in [2.05, 4.69) is 4.98 Å². The molecule has 6 heteroatoms. The highest BCUT2D eigenvalue weighted by Crippen LogP contribution is 2.21. The van der Waals surface area contributed by atoms with Crippen LogP contribution >= 0.6 is 0 Å². The Kier molecular flexibility index (Phi) is 3.50. The van der Waals surface area contributed by atoms with Crippen LogP contribution in [0.15, 0.2) is 47.8 Å². The molecule has 2 amide bonds. The van der Waals surface area contributed by atoms with Crippen LogP contribution in [-0.2, 0) is 0 Å². The third kappa shape index (κ3) is 2.50. The fraction of sp³-hybridized carbons (Fsp3) is 0.188. The van der Waals surface area contributed by atoms with Gasteiger partial charge in [-0.3, -0.25) is 10.4 Å². The van der Waals surface area contributed by atoms with Crippen LogP contribution in [-0.4, -0.2) is 34.7 Å². The van der Waals surface area contributed by atoms with Gasteiger partial charge >= 0.3 is 6.03 Å². The Morgan fingerprint density at radius 2 is 2.14 bits per heavy atom. The Hall–Kier alpha value is -2.89. The molecule has 0 fully saturated rings. The number of nitrogens with one attached hydrogen (secondary N) is 1. The lowest BCUT2D eigenvalue weighted by atomic mass is 9.96. The van der Waals surface area contributed by atoms with Gasteiger partial charge in [-0.05, 0) is 18.2 Å². The van der Waals surface area contributed by atoms with E-state index < -0.39 is 6.03 Å². The summed E-state index contributed by atoms with van der Waals surface area (Å²) in [6, 6.07) is 8.96. The first kappa shape index (κ1) is 14.1. The summed E-state index contributed by atoms with van der Waals surface area (Å²) in [5.74, 6) is 0. The van der Waals surface area contributed by atoms with E-state index in [0.717, 1.165) is 16.5 Å². The molecule has 0 radical (unpaired) electrons. The summed E-state index contributed by atoms with van der Waals surface area (Å²) >= 11 is 0. The lowest BCUT2D eigenvalue weighted by molar-refractivity contribution is 0.210. The molecule has 1 aliphatic rings. The molecule has 0 unspecified atom stereocenters. The average Bonchev–Trinajstić information content (AvgIpc) is 2.54. The Bertz CT molecular complexity index is 796. The Morgan fingerprint density at radius 3 is 2.91 bits per heavy atom. The minimum Gasteiger partial charge on any atom is -0.402 e. The average molecular weight is 295 g/mol. The predicted molar refractivity (Wildman–Crippen MR) is 85.6 cm³/mol. The highest BCUT2D eigenvalue weighted by molar-refractivity contribution is 6.12. The number of carbonyl (C=O) groups is 1. The summed E-state index contributed by atoms with van der Waals surface area (Å²) in [5, 5.41) is 9.39. The van der Waals surface area contributed by atoms with Gasteiger partial charge < -0.3 is 16.4 Å². The second kappa shape index (κ2) is 5.48. The van der Waals surface area contributed by atoms with Gasteiger partial charge in [0.25, 0.3) is 0 Å². The number of pyridine rings is 1. The first-order valence-electron chi connectivity index (χ1n) is 7.02. The largest absolute Gasteiger partial charge is 0.402 e. The molecule has 0 saturated heterocycles. The third-order valence-corrected chi connectivity index (χ3v) is 3.89. The van der Waals surface area contributed by atoms with E-state index in [-0.39, 0.29) is 6.54 Å². The van der Waals surface area contributed by atoms with E-state index in [1.807, 2.05) is 30.3 Å². The molecule has 1 aromatic heterocycles. The maximum absolute atomic E-state index is 11.3. The highest BCUT2D eigenvalue weighted by Gasteiger charge is 2.23. The number of benzene rings is 1. The summed E-state index contributed by atoms with van der Waals surface area (Å²) in [6.07, 6.45) is 2.27. The van der Waals surface area contributed by atoms with Crippen molar-refractivity contribution in [2.75, 3.05) is 13.1 Å². The number of fused-ring (bicyclic) bond motifs is 1. The molecular formula is C16H17N5O. The number of nitrogens with zero attached hydrogens (tertiary/aromatic N) is 2. The molecule has 2 heterocycles. The van der Waals surface area contributed by atoms with E-state index in [1.54, 1.807) is 6.20 Å². The molecule has 6 nitrogen and oxygen atoms in total. The molecule has 3 rings (SSSR count). The van der Waals surface area contributed by atoms with E-state index in [1.165, 1.54) is 4.90 Å². The Balaban J connectivity index is 1.96. The predicted octanol–water partition coefficient (Wildman–Crippen LogP) is 1.60. The van der Waals surface area contributed by atoms with Crippen LogP contribution in [0.4, 0.5) is 4.79 Å².